The van der Waals surface area contributed by atoms with E-state index in [2.05, 4.69) is 43.1 Å². The van der Waals surface area contributed by atoms with Crippen molar-refractivity contribution in [2.24, 2.45) is 0 Å². The molecule has 2 aromatic heterocycles. The van der Waals surface area contributed by atoms with Gasteiger partial charge in [0.2, 0.25) is 5.88 Å². The van der Waals surface area contributed by atoms with Crippen LogP contribution in [-0.4, -0.2) is 52.3 Å². The van der Waals surface area contributed by atoms with Crippen LogP contribution in [0.3, 0.4) is 0 Å². The van der Waals surface area contributed by atoms with Crippen molar-refractivity contribution in [1.82, 2.24) is 20.0 Å². The molecular formula is C22H27N5O2. The summed E-state index contributed by atoms with van der Waals surface area (Å²) in [5, 5.41) is 5.29. The quantitative estimate of drug-likeness (QED) is 0.659. The van der Waals surface area contributed by atoms with Gasteiger partial charge in [0, 0.05) is 50.4 Å². The van der Waals surface area contributed by atoms with Crippen molar-refractivity contribution in [3.8, 4) is 5.88 Å². The van der Waals surface area contributed by atoms with Crippen molar-refractivity contribution in [2.45, 2.75) is 45.8 Å². The second-order valence-electron chi connectivity index (χ2n) is 8.19. The summed E-state index contributed by atoms with van der Waals surface area (Å²) in [6, 6.07) is 6.37. The maximum absolute atomic E-state index is 5.89. The van der Waals surface area contributed by atoms with Crippen LogP contribution in [-0.2, 0) is 19.4 Å². The summed E-state index contributed by atoms with van der Waals surface area (Å²) in [5.41, 5.74) is 4.62. The van der Waals surface area contributed by atoms with Crippen molar-refractivity contribution in [1.29, 1.82) is 0 Å². The largest absolute Gasteiger partial charge is 0.474 e. The zero-order chi connectivity index (χ0) is 19.8. The van der Waals surface area contributed by atoms with Crippen molar-refractivity contribution >= 4 is 16.6 Å². The Bertz CT molecular complexity index is 1010. The number of rotatable bonds is 5. The fraction of sp³-hybridized carbons (Fsp3) is 0.500. The Morgan fingerprint density at radius 3 is 2.79 bits per heavy atom. The zero-order valence-electron chi connectivity index (χ0n) is 17.1. The molecule has 0 atom stereocenters. The van der Waals surface area contributed by atoms with E-state index in [1.54, 1.807) is 6.33 Å². The highest BCUT2D eigenvalue weighted by molar-refractivity contribution is 5.86. The molecule has 0 spiro atoms. The van der Waals surface area contributed by atoms with E-state index >= 15 is 0 Å². The molecule has 0 amide bonds. The second kappa shape index (κ2) is 7.63. The summed E-state index contributed by atoms with van der Waals surface area (Å²) >= 11 is 0. The van der Waals surface area contributed by atoms with E-state index in [0.717, 1.165) is 67.9 Å². The van der Waals surface area contributed by atoms with E-state index in [-0.39, 0.29) is 6.10 Å². The fourth-order valence-electron chi connectivity index (χ4n) is 4.32. The molecule has 2 aliphatic rings. The van der Waals surface area contributed by atoms with E-state index < -0.39 is 0 Å². The Hall–Kier alpha value is -2.67. The number of aryl methyl sites for hydroxylation is 1. The molecule has 0 saturated carbocycles. The lowest BCUT2D eigenvalue weighted by Gasteiger charge is -2.36. The van der Waals surface area contributed by atoms with Gasteiger partial charge in [0.25, 0.3) is 0 Å². The number of anilines is 1. The molecular weight excluding hydrogens is 366 g/mol. The fourth-order valence-corrected chi connectivity index (χ4v) is 4.32. The SMILES string of the molecule is CC(C)Oc1ncnc2ccc(N3CCN(Cc4noc5c4CCC5)CC3)cc12. The number of piperazine rings is 1. The minimum atomic E-state index is 0.0817. The first-order chi connectivity index (χ1) is 14.2. The van der Waals surface area contributed by atoms with Crippen LogP contribution < -0.4 is 9.64 Å². The van der Waals surface area contributed by atoms with Gasteiger partial charge in [-0.25, -0.2) is 9.97 Å². The van der Waals surface area contributed by atoms with Crippen LogP contribution >= 0.6 is 0 Å². The molecule has 7 nitrogen and oxygen atoms in total. The van der Waals surface area contributed by atoms with Crippen LogP contribution in [0.1, 0.15) is 37.3 Å². The smallest absolute Gasteiger partial charge is 0.224 e. The van der Waals surface area contributed by atoms with Crippen molar-refractivity contribution in [2.75, 3.05) is 31.1 Å². The maximum Gasteiger partial charge on any atom is 0.224 e. The first kappa shape index (κ1) is 18.4. The molecule has 5 rings (SSSR count). The predicted molar refractivity (Wildman–Crippen MR) is 111 cm³/mol. The van der Waals surface area contributed by atoms with E-state index in [1.807, 2.05) is 13.8 Å². The minimum absolute atomic E-state index is 0.0817. The molecule has 3 heterocycles. The van der Waals surface area contributed by atoms with Gasteiger partial charge in [-0.1, -0.05) is 5.16 Å². The number of benzene rings is 1. The van der Waals surface area contributed by atoms with Gasteiger partial charge in [-0.15, -0.1) is 0 Å². The Kier molecular flexibility index (Phi) is 4.83. The highest BCUT2D eigenvalue weighted by Gasteiger charge is 2.24. The van der Waals surface area contributed by atoms with Crippen LogP contribution in [0.15, 0.2) is 29.0 Å². The third-order valence-electron chi connectivity index (χ3n) is 5.82. The van der Waals surface area contributed by atoms with Gasteiger partial charge < -0.3 is 14.2 Å². The van der Waals surface area contributed by atoms with Gasteiger partial charge in [-0.3, -0.25) is 4.90 Å². The number of ether oxygens (including phenoxy) is 1. The molecule has 3 aromatic rings. The lowest BCUT2D eigenvalue weighted by molar-refractivity contribution is 0.235. The topological polar surface area (TPSA) is 67.5 Å². The van der Waals surface area contributed by atoms with Crippen LogP contribution in [0.25, 0.3) is 10.9 Å². The van der Waals surface area contributed by atoms with Crippen LogP contribution in [0.2, 0.25) is 0 Å². The number of nitrogens with zero attached hydrogens (tertiary/aromatic N) is 5. The van der Waals surface area contributed by atoms with Crippen LogP contribution in [0, 0.1) is 0 Å². The van der Waals surface area contributed by atoms with Crippen molar-refractivity contribution < 1.29 is 9.26 Å². The predicted octanol–water partition coefficient (Wildman–Crippen LogP) is 3.22. The third kappa shape index (κ3) is 3.67. The summed E-state index contributed by atoms with van der Waals surface area (Å²) in [6.45, 7) is 8.92. The van der Waals surface area contributed by atoms with Crippen molar-refractivity contribution in [3.63, 3.8) is 0 Å². The van der Waals surface area contributed by atoms with Gasteiger partial charge in [-0.05, 0) is 44.9 Å². The average molecular weight is 393 g/mol. The first-order valence-electron chi connectivity index (χ1n) is 10.5. The summed E-state index contributed by atoms with van der Waals surface area (Å²) < 4.78 is 11.4. The molecule has 0 unspecified atom stereocenters. The monoisotopic (exact) mass is 393 g/mol. The molecule has 29 heavy (non-hydrogen) atoms. The summed E-state index contributed by atoms with van der Waals surface area (Å²) in [6.07, 6.45) is 5.02. The Morgan fingerprint density at radius 2 is 1.97 bits per heavy atom. The second-order valence-corrected chi connectivity index (χ2v) is 8.19. The lowest BCUT2D eigenvalue weighted by atomic mass is 10.1. The molecule has 1 aromatic carbocycles. The molecule has 1 aliphatic heterocycles. The number of hydrogen-bond acceptors (Lipinski definition) is 7. The van der Waals surface area contributed by atoms with Gasteiger partial charge in [0.1, 0.15) is 17.8 Å². The standard InChI is InChI=1S/C22H27N5O2/c1-15(2)28-22-18-12-16(6-7-19(18)23-14-24-22)27-10-8-26(9-11-27)13-20-17-4-3-5-21(17)29-25-20/h6-7,12,14-15H,3-5,8-11,13H2,1-2H3. The van der Waals surface area contributed by atoms with E-state index in [9.17, 15) is 0 Å². The van der Waals surface area contributed by atoms with Gasteiger partial charge >= 0.3 is 0 Å². The van der Waals surface area contributed by atoms with Gasteiger partial charge in [-0.2, -0.15) is 0 Å². The molecule has 0 N–H and O–H groups in total. The minimum Gasteiger partial charge on any atom is -0.474 e. The molecule has 1 saturated heterocycles. The first-order valence-corrected chi connectivity index (χ1v) is 10.5. The lowest BCUT2D eigenvalue weighted by Crippen LogP contribution is -2.46. The van der Waals surface area contributed by atoms with E-state index in [1.165, 1.54) is 17.7 Å². The molecule has 152 valence electrons. The summed E-state index contributed by atoms with van der Waals surface area (Å²) in [4.78, 5) is 13.6. The highest BCUT2D eigenvalue weighted by Crippen LogP contribution is 2.29. The van der Waals surface area contributed by atoms with Crippen LogP contribution in [0.4, 0.5) is 5.69 Å². The Labute approximate surface area is 170 Å². The number of hydrogen-bond donors (Lipinski definition) is 0. The van der Waals surface area contributed by atoms with E-state index in [0.29, 0.717) is 5.88 Å². The number of aromatic nitrogens is 3. The Balaban J connectivity index is 1.28. The van der Waals surface area contributed by atoms with Crippen molar-refractivity contribution in [3.05, 3.63) is 41.5 Å². The molecule has 7 heteroatoms. The summed E-state index contributed by atoms with van der Waals surface area (Å²) in [5.74, 6) is 1.77. The van der Waals surface area contributed by atoms with Gasteiger partial charge in [0.05, 0.1) is 17.0 Å². The van der Waals surface area contributed by atoms with Crippen LogP contribution in [0.5, 0.6) is 5.88 Å². The highest BCUT2D eigenvalue weighted by atomic mass is 16.5. The summed E-state index contributed by atoms with van der Waals surface area (Å²) in [7, 11) is 0. The molecule has 1 aliphatic carbocycles. The normalized spacial score (nSPS) is 17.3. The molecule has 0 bridgehead atoms. The zero-order valence-corrected chi connectivity index (χ0v) is 17.1. The van der Waals surface area contributed by atoms with E-state index in [4.69, 9.17) is 9.26 Å². The molecule has 0 radical (unpaired) electrons. The third-order valence-corrected chi connectivity index (χ3v) is 5.82. The number of fused-ring (bicyclic) bond motifs is 2. The Morgan fingerprint density at radius 1 is 1.10 bits per heavy atom. The maximum atomic E-state index is 5.89. The average Bonchev–Trinajstić information content (AvgIpc) is 3.33. The molecule has 1 fully saturated rings. The van der Waals surface area contributed by atoms with Gasteiger partial charge in [0.15, 0.2) is 0 Å².